The quantitative estimate of drug-likeness (QED) is 0.704. The third-order valence-corrected chi connectivity index (χ3v) is 3.20. The van der Waals surface area contributed by atoms with Gasteiger partial charge in [0.1, 0.15) is 0 Å². The third-order valence-electron chi connectivity index (χ3n) is 1.65. The number of benzene rings is 1. The topological polar surface area (TPSA) is 0 Å². The smallest absolute Gasteiger partial charge is 0.0783 e. The van der Waals surface area contributed by atoms with Gasteiger partial charge in [-0.1, -0.05) is 30.3 Å². The molecule has 0 bridgehead atoms. The van der Waals surface area contributed by atoms with Gasteiger partial charge in [0.25, 0.3) is 0 Å². The first-order valence-electron chi connectivity index (χ1n) is 3.59. The maximum atomic E-state index is 3.49. The van der Waals surface area contributed by atoms with E-state index >= 15 is 0 Å². The Hall–Kier alpha value is -0.600. The second kappa shape index (κ2) is 3.42. The van der Waals surface area contributed by atoms with E-state index in [2.05, 4.69) is 33.4 Å². The fraction of sp³-hybridized carbons (Fsp3) is 0. The molecular formula is C10H6BrS. The molecule has 0 amide bonds. The van der Waals surface area contributed by atoms with Gasteiger partial charge in [-0.3, -0.25) is 0 Å². The van der Waals surface area contributed by atoms with Crippen LogP contribution in [0.1, 0.15) is 0 Å². The molecule has 0 saturated heterocycles. The average molecular weight is 238 g/mol. The molecule has 1 aromatic carbocycles. The van der Waals surface area contributed by atoms with Gasteiger partial charge in [-0.25, -0.2) is 0 Å². The molecule has 0 aliphatic heterocycles. The predicted molar refractivity (Wildman–Crippen MR) is 56.3 cm³/mol. The standard InChI is InChI=1S/C10H6BrS/c11-10-9(6-7-12-10)8-4-2-1-3-5-8/h1-6H. The molecule has 0 unspecified atom stereocenters. The summed E-state index contributed by atoms with van der Waals surface area (Å²) in [6.07, 6.45) is 0. The molecule has 1 heterocycles. The Balaban J connectivity index is 2.51. The maximum Gasteiger partial charge on any atom is 0.0783 e. The number of hydrogen-bond donors (Lipinski definition) is 0. The van der Waals surface area contributed by atoms with Crippen molar-refractivity contribution in [2.45, 2.75) is 0 Å². The molecule has 0 N–H and O–H groups in total. The van der Waals surface area contributed by atoms with Crippen LogP contribution < -0.4 is 0 Å². The molecule has 2 aromatic rings. The molecular weight excluding hydrogens is 232 g/mol. The van der Waals surface area contributed by atoms with Gasteiger partial charge in [0.2, 0.25) is 0 Å². The van der Waals surface area contributed by atoms with Gasteiger partial charge in [0, 0.05) is 10.9 Å². The Morgan fingerprint density at radius 3 is 2.50 bits per heavy atom. The summed E-state index contributed by atoms with van der Waals surface area (Å²) >= 11 is 5.08. The zero-order valence-corrected chi connectivity index (χ0v) is 8.65. The molecule has 2 rings (SSSR count). The van der Waals surface area contributed by atoms with Crippen molar-refractivity contribution in [3.63, 3.8) is 0 Å². The molecule has 0 saturated carbocycles. The summed E-state index contributed by atoms with van der Waals surface area (Å²) in [5.74, 6) is 0. The lowest BCUT2D eigenvalue weighted by molar-refractivity contribution is 1.67. The second-order valence-electron chi connectivity index (χ2n) is 2.42. The van der Waals surface area contributed by atoms with Crippen LogP contribution in [0.25, 0.3) is 11.1 Å². The summed E-state index contributed by atoms with van der Waals surface area (Å²) in [4.78, 5) is 0. The van der Waals surface area contributed by atoms with Crippen molar-refractivity contribution in [2.24, 2.45) is 0 Å². The van der Waals surface area contributed by atoms with Gasteiger partial charge in [-0.15, -0.1) is 11.3 Å². The highest BCUT2D eigenvalue weighted by molar-refractivity contribution is 9.11. The molecule has 1 radical (unpaired) electrons. The monoisotopic (exact) mass is 237 g/mol. The van der Waals surface area contributed by atoms with Crippen LogP contribution >= 0.6 is 27.3 Å². The van der Waals surface area contributed by atoms with E-state index in [1.807, 2.05) is 24.3 Å². The van der Waals surface area contributed by atoms with Gasteiger partial charge in [-0.2, -0.15) is 0 Å². The number of thiophene rings is 1. The van der Waals surface area contributed by atoms with E-state index in [-0.39, 0.29) is 0 Å². The van der Waals surface area contributed by atoms with Crippen molar-refractivity contribution < 1.29 is 0 Å². The molecule has 12 heavy (non-hydrogen) atoms. The lowest BCUT2D eigenvalue weighted by Gasteiger charge is -1.96. The minimum absolute atomic E-state index is 1.15. The van der Waals surface area contributed by atoms with Crippen LogP contribution in [0.3, 0.4) is 0 Å². The van der Waals surface area contributed by atoms with E-state index in [1.54, 1.807) is 11.3 Å². The Morgan fingerprint density at radius 2 is 1.92 bits per heavy atom. The lowest BCUT2D eigenvalue weighted by atomic mass is 10.1. The van der Waals surface area contributed by atoms with Crippen molar-refractivity contribution in [2.75, 3.05) is 0 Å². The fourth-order valence-corrected chi connectivity index (χ4v) is 2.26. The number of halogens is 1. The molecule has 59 valence electrons. The molecule has 0 fully saturated rings. The molecule has 0 aliphatic rings. The summed E-state index contributed by atoms with van der Waals surface area (Å²) in [5, 5.41) is 3.09. The van der Waals surface area contributed by atoms with Crippen LogP contribution in [-0.4, -0.2) is 0 Å². The van der Waals surface area contributed by atoms with Crippen molar-refractivity contribution in [3.8, 4) is 11.1 Å². The summed E-state index contributed by atoms with van der Waals surface area (Å²) < 4.78 is 1.15. The third kappa shape index (κ3) is 1.45. The SMILES string of the molecule is Brc1s[c]cc1-c1ccccc1. The van der Waals surface area contributed by atoms with Crippen molar-refractivity contribution >= 4 is 27.3 Å². The summed E-state index contributed by atoms with van der Waals surface area (Å²) in [5.41, 5.74) is 2.46. The molecule has 0 nitrogen and oxygen atoms in total. The van der Waals surface area contributed by atoms with Gasteiger partial charge >= 0.3 is 0 Å². The van der Waals surface area contributed by atoms with Crippen molar-refractivity contribution in [1.82, 2.24) is 0 Å². The van der Waals surface area contributed by atoms with Crippen LogP contribution in [0, 0.1) is 5.38 Å². The first-order chi connectivity index (χ1) is 5.88. The van der Waals surface area contributed by atoms with Gasteiger partial charge < -0.3 is 0 Å². The predicted octanol–water partition coefficient (Wildman–Crippen LogP) is 3.98. The molecule has 1 aromatic heterocycles. The number of rotatable bonds is 1. The Labute approximate surface area is 84.0 Å². The van der Waals surface area contributed by atoms with Gasteiger partial charge in [0.15, 0.2) is 0 Å². The van der Waals surface area contributed by atoms with Crippen LogP contribution in [0.15, 0.2) is 40.2 Å². The van der Waals surface area contributed by atoms with E-state index in [9.17, 15) is 0 Å². The minimum Gasteiger partial charge on any atom is -0.127 e. The first-order valence-corrected chi connectivity index (χ1v) is 5.19. The molecule has 0 atom stereocenters. The van der Waals surface area contributed by atoms with Gasteiger partial charge in [0.05, 0.1) is 3.79 Å². The maximum absolute atomic E-state index is 3.49. The van der Waals surface area contributed by atoms with E-state index in [4.69, 9.17) is 0 Å². The zero-order valence-electron chi connectivity index (χ0n) is 6.25. The summed E-state index contributed by atoms with van der Waals surface area (Å²) in [7, 11) is 0. The average Bonchev–Trinajstić information content (AvgIpc) is 2.53. The van der Waals surface area contributed by atoms with E-state index in [0.29, 0.717) is 0 Å². The van der Waals surface area contributed by atoms with Crippen LogP contribution in [0.4, 0.5) is 0 Å². The van der Waals surface area contributed by atoms with Crippen LogP contribution in [0.5, 0.6) is 0 Å². The molecule has 2 heteroatoms. The highest BCUT2D eigenvalue weighted by Crippen LogP contribution is 2.31. The highest BCUT2D eigenvalue weighted by atomic mass is 79.9. The van der Waals surface area contributed by atoms with Crippen molar-refractivity contribution in [1.29, 1.82) is 0 Å². The first kappa shape index (κ1) is 8.02. The van der Waals surface area contributed by atoms with Crippen molar-refractivity contribution in [3.05, 3.63) is 45.6 Å². The van der Waals surface area contributed by atoms with Gasteiger partial charge in [-0.05, 0) is 27.6 Å². The Kier molecular flexibility index (Phi) is 2.28. The minimum atomic E-state index is 1.15. The highest BCUT2D eigenvalue weighted by Gasteiger charge is 2.02. The Bertz CT molecular complexity index is 364. The van der Waals surface area contributed by atoms with E-state index in [0.717, 1.165) is 3.79 Å². The lowest BCUT2D eigenvalue weighted by Crippen LogP contribution is -1.71. The summed E-state index contributed by atoms with van der Waals surface area (Å²) in [6, 6.07) is 12.3. The fourth-order valence-electron chi connectivity index (χ4n) is 1.07. The molecule has 0 aliphatic carbocycles. The summed E-state index contributed by atoms with van der Waals surface area (Å²) in [6.45, 7) is 0. The Morgan fingerprint density at radius 1 is 1.17 bits per heavy atom. The normalized spacial score (nSPS) is 10.1. The van der Waals surface area contributed by atoms with E-state index in [1.165, 1.54) is 11.1 Å². The zero-order chi connectivity index (χ0) is 8.39. The molecule has 0 spiro atoms. The van der Waals surface area contributed by atoms with Crippen LogP contribution in [0.2, 0.25) is 0 Å². The second-order valence-corrected chi connectivity index (χ2v) is 4.58. The largest absolute Gasteiger partial charge is 0.127 e. The van der Waals surface area contributed by atoms with E-state index < -0.39 is 0 Å². The number of hydrogen-bond acceptors (Lipinski definition) is 1. The van der Waals surface area contributed by atoms with Crippen LogP contribution in [-0.2, 0) is 0 Å².